The third-order valence-electron chi connectivity index (χ3n) is 1.88. The second kappa shape index (κ2) is 6.06. The van der Waals surface area contributed by atoms with Crippen molar-refractivity contribution in [2.75, 3.05) is 6.61 Å². The van der Waals surface area contributed by atoms with Gasteiger partial charge in [0, 0.05) is 16.7 Å². The molecule has 1 aromatic rings. The Morgan fingerprint density at radius 2 is 1.94 bits per heavy atom. The van der Waals surface area contributed by atoms with Crippen molar-refractivity contribution in [1.82, 2.24) is 0 Å². The van der Waals surface area contributed by atoms with E-state index in [0.29, 0.717) is 10.6 Å². The van der Waals surface area contributed by atoms with Crippen molar-refractivity contribution in [2.24, 2.45) is 0 Å². The van der Waals surface area contributed by atoms with E-state index in [9.17, 15) is 14.7 Å². The van der Waals surface area contributed by atoms with Crippen molar-refractivity contribution in [3.63, 3.8) is 0 Å². The van der Waals surface area contributed by atoms with Crippen LogP contribution in [0.15, 0.2) is 30.3 Å². The number of benzene rings is 1. The number of carbonyl (C=O) groups is 2. The highest BCUT2D eigenvalue weighted by Gasteiger charge is 2.13. The highest BCUT2D eigenvalue weighted by atomic mass is 35.5. The highest BCUT2D eigenvalue weighted by Crippen LogP contribution is 2.15. The molecule has 0 heterocycles. The summed E-state index contributed by atoms with van der Waals surface area (Å²) in [5.74, 6) is -2.20. The topological polar surface area (TPSA) is 63.6 Å². The van der Waals surface area contributed by atoms with E-state index in [2.05, 4.69) is 4.74 Å². The summed E-state index contributed by atoms with van der Waals surface area (Å²) < 4.78 is 4.49. The Kier molecular flexibility index (Phi) is 4.72. The van der Waals surface area contributed by atoms with Crippen LogP contribution in [0.1, 0.15) is 12.5 Å². The lowest BCUT2D eigenvalue weighted by atomic mass is 10.1. The number of hydrogen-bond acceptors (Lipinski definition) is 4. The Morgan fingerprint density at radius 1 is 1.35 bits per heavy atom. The Bertz CT molecular complexity index is 448. The van der Waals surface area contributed by atoms with Crippen LogP contribution in [-0.4, -0.2) is 23.5 Å². The van der Waals surface area contributed by atoms with Gasteiger partial charge in [0.05, 0.1) is 6.61 Å². The van der Waals surface area contributed by atoms with Crippen molar-refractivity contribution in [2.45, 2.75) is 6.92 Å². The van der Waals surface area contributed by atoms with E-state index < -0.39 is 11.8 Å². The second-order valence-electron chi connectivity index (χ2n) is 3.12. The first-order valence-corrected chi connectivity index (χ1v) is 5.30. The lowest BCUT2D eigenvalue weighted by molar-refractivity contribution is -0.151. The molecule has 0 aliphatic heterocycles. The van der Waals surface area contributed by atoms with Gasteiger partial charge in [-0.05, 0) is 31.2 Å². The average molecular weight is 255 g/mol. The third kappa shape index (κ3) is 3.92. The number of ketones is 1. The van der Waals surface area contributed by atoms with Crippen LogP contribution in [0.3, 0.4) is 0 Å². The van der Waals surface area contributed by atoms with E-state index >= 15 is 0 Å². The molecule has 0 unspecified atom stereocenters. The molecule has 0 aliphatic carbocycles. The van der Waals surface area contributed by atoms with Gasteiger partial charge in [-0.25, -0.2) is 4.79 Å². The first kappa shape index (κ1) is 13.3. The van der Waals surface area contributed by atoms with E-state index in [1.54, 1.807) is 19.1 Å². The minimum Gasteiger partial charge on any atom is -0.507 e. The maximum absolute atomic E-state index is 11.2. The standard InChI is InChI=1S/C12H11ClO4/c1-2-17-12(16)11(15)7-10(14)8-3-5-9(13)6-4-8/h3-7,14H,2H2,1H3/b10-7-. The molecule has 0 radical (unpaired) electrons. The molecule has 1 rings (SSSR count). The lowest BCUT2D eigenvalue weighted by Gasteiger charge is -2.00. The predicted molar refractivity (Wildman–Crippen MR) is 63.7 cm³/mol. The number of halogens is 1. The molecular formula is C12H11ClO4. The summed E-state index contributed by atoms with van der Waals surface area (Å²) >= 11 is 5.67. The summed E-state index contributed by atoms with van der Waals surface area (Å²) in [6.07, 6.45) is 0.821. The van der Waals surface area contributed by atoms with Crippen LogP contribution in [-0.2, 0) is 14.3 Å². The summed E-state index contributed by atoms with van der Waals surface area (Å²) in [5, 5.41) is 10.1. The summed E-state index contributed by atoms with van der Waals surface area (Å²) in [5.41, 5.74) is 0.395. The zero-order valence-electron chi connectivity index (χ0n) is 9.14. The van der Waals surface area contributed by atoms with Gasteiger partial charge in [-0.2, -0.15) is 0 Å². The highest BCUT2D eigenvalue weighted by molar-refractivity contribution is 6.39. The van der Waals surface area contributed by atoms with Gasteiger partial charge < -0.3 is 9.84 Å². The van der Waals surface area contributed by atoms with Gasteiger partial charge in [0.2, 0.25) is 0 Å². The van der Waals surface area contributed by atoms with Crippen molar-refractivity contribution < 1.29 is 19.4 Å². The maximum Gasteiger partial charge on any atom is 0.379 e. The molecule has 0 aromatic heterocycles. The number of aliphatic hydroxyl groups is 1. The minimum atomic E-state index is -0.993. The van der Waals surface area contributed by atoms with Crippen molar-refractivity contribution >= 4 is 29.1 Å². The minimum absolute atomic E-state index is 0.111. The van der Waals surface area contributed by atoms with Crippen LogP contribution >= 0.6 is 11.6 Å². The first-order valence-electron chi connectivity index (χ1n) is 4.92. The molecule has 90 valence electrons. The van der Waals surface area contributed by atoms with Crippen LogP contribution < -0.4 is 0 Å². The molecule has 1 N–H and O–H groups in total. The van der Waals surface area contributed by atoms with Crippen molar-refractivity contribution in [3.05, 3.63) is 40.9 Å². The number of hydrogen-bond donors (Lipinski definition) is 1. The molecule has 0 amide bonds. The fourth-order valence-corrected chi connectivity index (χ4v) is 1.22. The fourth-order valence-electron chi connectivity index (χ4n) is 1.09. The monoisotopic (exact) mass is 254 g/mol. The van der Waals surface area contributed by atoms with Gasteiger partial charge in [0.1, 0.15) is 5.76 Å². The normalized spacial score (nSPS) is 11.1. The summed E-state index contributed by atoms with van der Waals surface area (Å²) in [6, 6.07) is 6.20. The molecular weight excluding hydrogens is 244 g/mol. The van der Waals surface area contributed by atoms with Crippen LogP contribution in [0.5, 0.6) is 0 Å². The van der Waals surface area contributed by atoms with Crippen molar-refractivity contribution in [3.8, 4) is 0 Å². The summed E-state index contributed by atoms with van der Waals surface area (Å²) in [6.45, 7) is 1.70. The largest absolute Gasteiger partial charge is 0.507 e. The number of carbonyl (C=O) groups excluding carboxylic acids is 2. The Labute approximate surface area is 103 Å². The predicted octanol–water partition coefficient (Wildman–Crippen LogP) is 2.37. The summed E-state index contributed by atoms with van der Waals surface area (Å²) in [4.78, 5) is 22.3. The quantitative estimate of drug-likeness (QED) is 0.388. The average Bonchev–Trinajstić information content (AvgIpc) is 2.30. The molecule has 0 fully saturated rings. The lowest BCUT2D eigenvalue weighted by Crippen LogP contribution is -2.15. The molecule has 0 aliphatic rings. The van der Waals surface area contributed by atoms with Crippen LogP contribution in [0.25, 0.3) is 5.76 Å². The van der Waals surface area contributed by atoms with Crippen LogP contribution in [0.2, 0.25) is 5.02 Å². The number of ether oxygens (including phenoxy) is 1. The zero-order valence-corrected chi connectivity index (χ0v) is 9.90. The van der Waals surface area contributed by atoms with Gasteiger partial charge in [0.15, 0.2) is 0 Å². The van der Waals surface area contributed by atoms with Crippen LogP contribution in [0, 0.1) is 0 Å². The number of esters is 1. The Hall–Kier alpha value is -1.81. The molecule has 5 heteroatoms. The molecule has 0 saturated carbocycles. The Balaban J connectivity index is 2.82. The van der Waals surface area contributed by atoms with E-state index in [1.807, 2.05) is 0 Å². The van der Waals surface area contributed by atoms with Gasteiger partial charge in [-0.1, -0.05) is 11.6 Å². The molecule has 17 heavy (non-hydrogen) atoms. The molecule has 0 saturated heterocycles. The van der Waals surface area contributed by atoms with E-state index in [4.69, 9.17) is 11.6 Å². The Morgan fingerprint density at radius 3 is 2.47 bits per heavy atom. The zero-order chi connectivity index (χ0) is 12.8. The first-order chi connectivity index (χ1) is 8.04. The number of aliphatic hydroxyl groups excluding tert-OH is 1. The third-order valence-corrected chi connectivity index (χ3v) is 2.14. The van der Waals surface area contributed by atoms with Crippen LogP contribution in [0.4, 0.5) is 0 Å². The molecule has 0 bridgehead atoms. The maximum atomic E-state index is 11.2. The molecule has 1 aromatic carbocycles. The second-order valence-corrected chi connectivity index (χ2v) is 3.56. The van der Waals surface area contributed by atoms with Gasteiger partial charge in [0.25, 0.3) is 5.78 Å². The molecule has 0 spiro atoms. The molecule has 0 atom stereocenters. The van der Waals surface area contributed by atoms with Gasteiger partial charge in [-0.3, -0.25) is 4.79 Å². The number of rotatable bonds is 4. The fraction of sp³-hybridized carbons (Fsp3) is 0.167. The van der Waals surface area contributed by atoms with Gasteiger partial charge in [-0.15, -0.1) is 0 Å². The van der Waals surface area contributed by atoms with E-state index in [-0.39, 0.29) is 12.4 Å². The smallest absolute Gasteiger partial charge is 0.379 e. The van der Waals surface area contributed by atoms with E-state index in [1.165, 1.54) is 12.1 Å². The van der Waals surface area contributed by atoms with Gasteiger partial charge >= 0.3 is 5.97 Å². The summed E-state index contributed by atoms with van der Waals surface area (Å²) in [7, 11) is 0. The molecule has 4 nitrogen and oxygen atoms in total. The SMILES string of the molecule is CCOC(=O)C(=O)/C=C(\O)c1ccc(Cl)cc1. The van der Waals surface area contributed by atoms with E-state index in [0.717, 1.165) is 6.08 Å². The van der Waals surface area contributed by atoms with Crippen molar-refractivity contribution in [1.29, 1.82) is 0 Å².